The third kappa shape index (κ3) is 5.53. The third-order valence-corrected chi connectivity index (χ3v) is 4.99. The summed E-state index contributed by atoms with van der Waals surface area (Å²) in [6.07, 6.45) is 0. The molecule has 3 aromatic carbocycles. The Morgan fingerprint density at radius 3 is 2.14 bits per heavy atom. The fraction of sp³-hybridized carbons (Fsp3) is 0.120. The van der Waals surface area contributed by atoms with Crippen LogP contribution in [0.3, 0.4) is 0 Å². The van der Waals surface area contributed by atoms with Crippen LogP contribution in [-0.2, 0) is 4.79 Å². The van der Waals surface area contributed by atoms with Gasteiger partial charge in [0, 0.05) is 29.3 Å². The molecule has 0 saturated heterocycles. The molecule has 4 rings (SSSR count). The SMILES string of the molecule is COc1cc(C(=O)Nc2cccc(C(=O)NNC(=O)c3ccc4c(c3)OCO4)c2)ccc1OC(C)=O. The van der Waals surface area contributed by atoms with E-state index >= 15 is 0 Å². The first-order chi connectivity index (χ1) is 17.3. The third-order valence-electron chi connectivity index (χ3n) is 4.99. The predicted molar refractivity (Wildman–Crippen MR) is 126 cm³/mol. The van der Waals surface area contributed by atoms with Crippen molar-refractivity contribution in [2.45, 2.75) is 6.92 Å². The number of benzene rings is 3. The van der Waals surface area contributed by atoms with Crippen molar-refractivity contribution >= 4 is 29.4 Å². The van der Waals surface area contributed by atoms with Gasteiger partial charge in [-0.25, -0.2) is 0 Å². The molecule has 1 aliphatic heterocycles. The van der Waals surface area contributed by atoms with E-state index in [1.807, 2.05) is 0 Å². The number of hydrazine groups is 1. The zero-order valence-corrected chi connectivity index (χ0v) is 19.2. The van der Waals surface area contributed by atoms with Crippen molar-refractivity contribution in [3.05, 3.63) is 77.4 Å². The topological polar surface area (TPSA) is 141 Å². The van der Waals surface area contributed by atoms with Gasteiger partial charge in [-0.1, -0.05) is 6.07 Å². The lowest BCUT2D eigenvalue weighted by Gasteiger charge is -2.11. The summed E-state index contributed by atoms with van der Waals surface area (Å²) >= 11 is 0. The first-order valence-electron chi connectivity index (χ1n) is 10.6. The number of carbonyl (C=O) groups excluding carboxylic acids is 4. The Morgan fingerprint density at radius 2 is 1.42 bits per heavy atom. The van der Waals surface area contributed by atoms with Gasteiger partial charge in [0.15, 0.2) is 23.0 Å². The molecule has 3 aromatic rings. The van der Waals surface area contributed by atoms with Crippen LogP contribution in [0.15, 0.2) is 60.7 Å². The number of carbonyl (C=O) groups is 4. The minimum absolute atomic E-state index is 0.0805. The van der Waals surface area contributed by atoms with Gasteiger partial charge in [-0.3, -0.25) is 30.0 Å². The van der Waals surface area contributed by atoms with E-state index in [1.54, 1.807) is 24.3 Å². The van der Waals surface area contributed by atoms with Crippen LogP contribution < -0.4 is 35.1 Å². The van der Waals surface area contributed by atoms with Crippen LogP contribution in [0.25, 0.3) is 0 Å². The number of hydrogen-bond acceptors (Lipinski definition) is 8. The smallest absolute Gasteiger partial charge is 0.308 e. The molecule has 3 amide bonds. The molecule has 1 aliphatic rings. The van der Waals surface area contributed by atoms with Crippen molar-refractivity contribution in [3.63, 3.8) is 0 Å². The van der Waals surface area contributed by atoms with Gasteiger partial charge in [0.25, 0.3) is 17.7 Å². The average Bonchev–Trinajstić information content (AvgIpc) is 3.35. The molecule has 0 spiro atoms. The molecule has 0 radical (unpaired) electrons. The summed E-state index contributed by atoms with van der Waals surface area (Å²) in [5.74, 6) is -0.759. The predicted octanol–water partition coefficient (Wildman–Crippen LogP) is 2.68. The monoisotopic (exact) mass is 491 g/mol. The zero-order valence-electron chi connectivity index (χ0n) is 19.2. The van der Waals surface area contributed by atoms with Crippen molar-refractivity contribution in [3.8, 4) is 23.0 Å². The summed E-state index contributed by atoms with van der Waals surface area (Å²) in [5, 5.41) is 2.68. The fourth-order valence-electron chi connectivity index (χ4n) is 3.29. The highest BCUT2D eigenvalue weighted by Crippen LogP contribution is 2.32. The molecule has 0 fully saturated rings. The Labute approximate surface area is 205 Å². The zero-order chi connectivity index (χ0) is 25.7. The maximum absolute atomic E-state index is 12.7. The average molecular weight is 491 g/mol. The molecule has 36 heavy (non-hydrogen) atoms. The molecule has 3 N–H and O–H groups in total. The van der Waals surface area contributed by atoms with E-state index in [0.29, 0.717) is 17.2 Å². The Balaban J connectivity index is 1.38. The van der Waals surface area contributed by atoms with Crippen molar-refractivity contribution in [1.82, 2.24) is 10.9 Å². The number of nitrogens with one attached hydrogen (secondary N) is 3. The van der Waals surface area contributed by atoms with E-state index in [4.69, 9.17) is 18.9 Å². The molecule has 0 atom stereocenters. The Hall–Kier alpha value is -5.06. The maximum Gasteiger partial charge on any atom is 0.308 e. The van der Waals surface area contributed by atoms with Crippen LogP contribution in [0.1, 0.15) is 38.0 Å². The quantitative estimate of drug-likeness (QED) is 0.272. The molecule has 11 heteroatoms. The highest BCUT2D eigenvalue weighted by molar-refractivity contribution is 6.06. The maximum atomic E-state index is 12.7. The van der Waals surface area contributed by atoms with E-state index in [0.717, 1.165) is 0 Å². The van der Waals surface area contributed by atoms with Gasteiger partial charge >= 0.3 is 5.97 Å². The lowest BCUT2D eigenvalue weighted by molar-refractivity contribution is -0.132. The number of rotatable bonds is 6. The number of fused-ring (bicyclic) bond motifs is 1. The normalized spacial score (nSPS) is 11.3. The molecular formula is C25H21N3O8. The van der Waals surface area contributed by atoms with E-state index in [1.165, 1.54) is 50.4 Å². The number of hydrogen-bond donors (Lipinski definition) is 3. The minimum atomic E-state index is -0.590. The van der Waals surface area contributed by atoms with Gasteiger partial charge in [0.05, 0.1) is 7.11 Å². The standard InChI is InChI=1S/C25H21N3O8/c1-14(29)36-20-9-7-16(11-21(20)33-2)23(30)26-18-5-3-4-15(10-18)24(31)27-28-25(32)17-6-8-19-22(12-17)35-13-34-19/h3-12H,13H2,1-2H3,(H,26,30)(H,27,31)(H,28,32). The van der Waals surface area contributed by atoms with E-state index < -0.39 is 23.7 Å². The molecule has 0 bridgehead atoms. The number of anilines is 1. The van der Waals surface area contributed by atoms with Crippen molar-refractivity contribution in [1.29, 1.82) is 0 Å². The molecule has 0 aromatic heterocycles. The second-order valence-electron chi connectivity index (χ2n) is 7.47. The van der Waals surface area contributed by atoms with E-state index in [-0.39, 0.29) is 35.0 Å². The van der Waals surface area contributed by atoms with Gasteiger partial charge in [0.2, 0.25) is 6.79 Å². The van der Waals surface area contributed by atoms with Gasteiger partial charge < -0.3 is 24.3 Å². The summed E-state index contributed by atoms with van der Waals surface area (Å²) in [4.78, 5) is 48.8. The Morgan fingerprint density at radius 1 is 0.750 bits per heavy atom. The molecule has 1 heterocycles. The van der Waals surface area contributed by atoms with Crippen LogP contribution >= 0.6 is 0 Å². The first kappa shape index (κ1) is 24.1. The highest BCUT2D eigenvalue weighted by Gasteiger charge is 2.17. The summed E-state index contributed by atoms with van der Waals surface area (Å²) in [5.41, 5.74) is 5.73. The summed E-state index contributed by atoms with van der Waals surface area (Å²) in [6, 6.07) is 15.1. The number of methoxy groups -OCH3 is 1. The Bertz CT molecular complexity index is 1350. The van der Waals surface area contributed by atoms with Crippen LogP contribution in [0, 0.1) is 0 Å². The largest absolute Gasteiger partial charge is 0.493 e. The number of amides is 3. The molecular weight excluding hydrogens is 470 g/mol. The van der Waals surface area contributed by atoms with Crippen LogP contribution in [0.2, 0.25) is 0 Å². The fourth-order valence-corrected chi connectivity index (χ4v) is 3.29. The van der Waals surface area contributed by atoms with Crippen molar-refractivity contribution in [2.75, 3.05) is 19.2 Å². The molecule has 0 unspecified atom stereocenters. The number of ether oxygens (including phenoxy) is 4. The minimum Gasteiger partial charge on any atom is -0.493 e. The van der Waals surface area contributed by atoms with E-state index in [9.17, 15) is 19.2 Å². The lowest BCUT2D eigenvalue weighted by atomic mass is 10.1. The van der Waals surface area contributed by atoms with Gasteiger partial charge in [-0.05, 0) is 54.6 Å². The van der Waals surface area contributed by atoms with Crippen LogP contribution in [-0.4, -0.2) is 37.6 Å². The van der Waals surface area contributed by atoms with Crippen LogP contribution in [0.5, 0.6) is 23.0 Å². The summed E-state index contributed by atoms with van der Waals surface area (Å²) in [6.45, 7) is 1.34. The second kappa shape index (κ2) is 10.5. The van der Waals surface area contributed by atoms with Gasteiger partial charge in [-0.2, -0.15) is 0 Å². The molecule has 11 nitrogen and oxygen atoms in total. The lowest BCUT2D eigenvalue weighted by Crippen LogP contribution is -2.41. The van der Waals surface area contributed by atoms with Crippen LogP contribution in [0.4, 0.5) is 5.69 Å². The number of esters is 1. The van der Waals surface area contributed by atoms with Gasteiger partial charge in [-0.15, -0.1) is 0 Å². The highest BCUT2D eigenvalue weighted by atomic mass is 16.7. The first-order valence-corrected chi connectivity index (χ1v) is 10.6. The van der Waals surface area contributed by atoms with Gasteiger partial charge in [0.1, 0.15) is 0 Å². The summed E-state index contributed by atoms with van der Waals surface area (Å²) < 4.78 is 20.7. The summed E-state index contributed by atoms with van der Waals surface area (Å²) in [7, 11) is 1.39. The second-order valence-corrected chi connectivity index (χ2v) is 7.47. The Kier molecular flexibility index (Phi) is 7.00. The molecule has 0 saturated carbocycles. The molecule has 184 valence electrons. The molecule has 0 aliphatic carbocycles. The van der Waals surface area contributed by atoms with Crippen molar-refractivity contribution in [2.24, 2.45) is 0 Å². The van der Waals surface area contributed by atoms with Crippen molar-refractivity contribution < 1.29 is 38.1 Å². The van der Waals surface area contributed by atoms with E-state index in [2.05, 4.69) is 16.2 Å².